The number of hydrogen-bond donors (Lipinski definition) is 1. The first kappa shape index (κ1) is 21.4. The topological polar surface area (TPSA) is 76.8 Å². The smallest absolute Gasteiger partial charge is 0.296 e. The van der Waals surface area contributed by atoms with Gasteiger partial charge in [-0.3, -0.25) is 10.0 Å². The van der Waals surface area contributed by atoms with Crippen LogP contribution >= 0.6 is 0 Å². The fourth-order valence-corrected chi connectivity index (χ4v) is 3.88. The lowest BCUT2D eigenvalue weighted by Crippen LogP contribution is -2.35. The van der Waals surface area contributed by atoms with Gasteiger partial charge in [-0.1, -0.05) is 19.1 Å². The van der Waals surface area contributed by atoms with Gasteiger partial charge in [0.25, 0.3) is 5.91 Å². The highest BCUT2D eigenvalue weighted by atomic mass is 19.1. The summed E-state index contributed by atoms with van der Waals surface area (Å²) >= 11 is 0. The molecule has 8 heteroatoms. The van der Waals surface area contributed by atoms with Gasteiger partial charge in [-0.05, 0) is 36.1 Å². The average Bonchev–Trinajstić information content (AvgIpc) is 3.12. The second-order valence-electron chi connectivity index (χ2n) is 7.60. The number of aromatic nitrogens is 2. The zero-order chi connectivity index (χ0) is 21.8. The van der Waals surface area contributed by atoms with Gasteiger partial charge in [0.05, 0.1) is 38.1 Å². The molecule has 3 aromatic rings. The second-order valence-corrected chi connectivity index (χ2v) is 7.60. The lowest BCUT2D eigenvalue weighted by molar-refractivity contribution is -0.0606. The van der Waals surface area contributed by atoms with Crippen molar-refractivity contribution in [2.24, 2.45) is 0 Å². The Balaban J connectivity index is 1.66. The van der Waals surface area contributed by atoms with Crippen molar-refractivity contribution in [3.05, 3.63) is 64.9 Å². The first-order chi connectivity index (χ1) is 15.1. The van der Waals surface area contributed by atoms with E-state index < -0.39 is 5.91 Å². The van der Waals surface area contributed by atoms with Gasteiger partial charge in [0.2, 0.25) is 0 Å². The van der Waals surface area contributed by atoms with E-state index in [-0.39, 0.29) is 18.1 Å². The van der Waals surface area contributed by atoms with E-state index in [1.165, 1.54) is 12.1 Å². The van der Waals surface area contributed by atoms with Crippen LogP contribution in [0.3, 0.4) is 0 Å². The number of ether oxygens (including phenoxy) is 2. The maximum Gasteiger partial charge on any atom is 0.296 e. The van der Waals surface area contributed by atoms with Crippen molar-refractivity contribution in [3.63, 3.8) is 0 Å². The molecular formula is C23H26FN3O4. The van der Waals surface area contributed by atoms with E-state index >= 15 is 0 Å². The summed E-state index contributed by atoms with van der Waals surface area (Å²) in [6, 6.07) is 6.38. The molecule has 0 bridgehead atoms. The molecule has 0 unspecified atom stereocenters. The summed E-state index contributed by atoms with van der Waals surface area (Å²) < 4.78 is 26.6. The predicted octanol–water partition coefficient (Wildman–Crippen LogP) is 3.55. The van der Waals surface area contributed by atoms with Crippen LogP contribution in [-0.2, 0) is 29.0 Å². The van der Waals surface area contributed by atoms with E-state index in [4.69, 9.17) is 9.47 Å². The molecule has 0 saturated carbocycles. The van der Waals surface area contributed by atoms with Gasteiger partial charge >= 0.3 is 0 Å². The zero-order valence-electron chi connectivity index (χ0n) is 17.5. The number of hydroxylamine groups is 2. The molecule has 1 amide bonds. The quantitative estimate of drug-likeness (QED) is 0.417. The van der Waals surface area contributed by atoms with Crippen LogP contribution in [0.1, 0.15) is 40.5 Å². The van der Waals surface area contributed by atoms with Gasteiger partial charge in [0.1, 0.15) is 11.5 Å². The fourth-order valence-electron chi connectivity index (χ4n) is 3.88. The number of rotatable bonds is 9. The van der Waals surface area contributed by atoms with Gasteiger partial charge in [0.15, 0.2) is 0 Å². The predicted molar refractivity (Wildman–Crippen MR) is 113 cm³/mol. The largest absolute Gasteiger partial charge is 0.379 e. The van der Waals surface area contributed by atoms with Crippen molar-refractivity contribution in [1.82, 2.24) is 14.6 Å². The van der Waals surface area contributed by atoms with Gasteiger partial charge in [0, 0.05) is 30.3 Å². The summed E-state index contributed by atoms with van der Waals surface area (Å²) in [5.41, 5.74) is 3.88. The van der Waals surface area contributed by atoms with Gasteiger partial charge < -0.3 is 14.0 Å². The molecule has 3 heterocycles. The Morgan fingerprint density at radius 2 is 1.94 bits per heavy atom. The molecule has 0 spiro atoms. The van der Waals surface area contributed by atoms with Crippen LogP contribution in [0.25, 0.3) is 10.9 Å². The van der Waals surface area contributed by atoms with E-state index in [2.05, 4.69) is 11.9 Å². The van der Waals surface area contributed by atoms with E-state index in [0.717, 1.165) is 34.0 Å². The maximum absolute atomic E-state index is 13.3. The Labute approximate surface area is 180 Å². The monoisotopic (exact) mass is 427 g/mol. The molecule has 1 N–H and O–H groups in total. The van der Waals surface area contributed by atoms with Gasteiger partial charge in [-0.15, -0.1) is 0 Å². The summed E-state index contributed by atoms with van der Waals surface area (Å²) in [4.78, 5) is 16.7. The molecule has 1 aliphatic heterocycles. The van der Waals surface area contributed by atoms with Crippen LogP contribution in [-0.4, -0.2) is 52.1 Å². The Morgan fingerprint density at radius 3 is 2.71 bits per heavy atom. The molecule has 0 radical (unpaired) electrons. The Morgan fingerprint density at radius 1 is 1.16 bits per heavy atom. The second kappa shape index (κ2) is 9.55. The third-order valence-corrected chi connectivity index (χ3v) is 5.36. The molecule has 1 aliphatic rings. The van der Waals surface area contributed by atoms with Crippen LogP contribution in [0, 0.1) is 5.82 Å². The third kappa shape index (κ3) is 4.61. The Bertz CT molecular complexity index is 1060. The number of hydrogen-bond acceptors (Lipinski definition) is 5. The molecule has 0 atom stereocenters. The lowest BCUT2D eigenvalue weighted by atomic mass is 9.99. The Kier molecular flexibility index (Phi) is 6.60. The van der Waals surface area contributed by atoms with Crippen molar-refractivity contribution in [3.8, 4) is 0 Å². The molecule has 0 fully saturated rings. The molecule has 4 rings (SSSR count). The van der Waals surface area contributed by atoms with E-state index in [0.29, 0.717) is 44.5 Å². The van der Waals surface area contributed by atoms with E-state index in [1.807, 2.05) is 10.8 Å². The van der Waals surface area contributed by atoms with E-state index in [9.17, 15) is 14.4 Å². The number of amides is 1. The average molecular weight is 427 g/mol. The van der Waals surface area contributed by atoms with Gasteiger partial charge in [-0.25, -0.2) is 14.4 Å². The van der Waals surface area contributed by atoms with Crippen LogP contribution in [0.15, 0.2) is 36.7 Å². The molecule has 164 valence electrons. The SMILES string of the molecule is CCCOCCOCc1cn(Cc2ccc(F)cc2)c2cnc3c(c12)CCN(O)C3=O. The molecule has 7 nitrogen and oxygen atoms in total. The van der Waals surface area contributed by atoms with Crippen LogP contribution in [0.4, 0.5) is 4.39 Å². The molecule has 0 saturated heterocycles. The molecular weight excluding hydrogens is 401 g/mol. The highest BCUT2D eigenvalue weighted by Gasteiger charge is 2.28. The van der Waals surface area contributed by atoms with Gasteiger partial charge in [-0.2, -0.15) is 0 Å². The van der Waals surface area contributed by atoms with Crippen molar-refractivity contribution < 1.29 is 23.9 Å². The van der Waals surface area contributed by atoms with Crippen molar-refractivity contribution in [2.75, 3.05) is 26.4 Å². The first-order valence-electron chi connectivity index (χ1n) is 10.5. The highest BCUT2D eigenvalue weighted by molar-refractivity contribution is 6.00. The minimum Gasteiger partial charge on any atom is -0.379 e. The van der Waals surface area contributed by atoms with Crippen LogP contribution in [0.2, 0.25) is 0 Å². The fraction of sp³-hybridized carbons (Fsp3) is 0.391. The van der Waals surface area contributed by atoms with Crippen molar-refractivity contribution >= 4 is 16.8 Å². The van der Waals surface area contributed by atoms with E-state index in [1.54, 1.807) is 18.3 Å². The molecule has 1 aromatic carbocycles. The first-order valence-corrected chi connectivity index (χ1v) is 10.5. The maximum atomic E-state index is 13.3. The summed E-state index contributed by atoms with van der Waals surface area (Å²) in [5, 5.41) is 11.4. The minimum atomic E-state index is -0.491. The normalized spacial score (nSPS) is 13.8. The molecule has 31 heavy (non-hydrogen) atoms. The number of benzene rings is 1. The summed E-state index contributed by atoms with van der Waals surface area (Å²) in [6.45, 7) is 4.90. The Hall–Kier alpha value is -2.81. The summed E-state index contributed by atoms with van der Waals surface area (Å²) in [5.74, 6) is -0.766. The molecule has 0 aliphatic carbocycles. The minimum absolute atomic E-state index is 0.223. The number of carbonyl (C=O) groups excluding carboxylic acids is 1. The number of nitrogens with zero attached hydrogens (tertiary/aromatic N) is 3. The number of carbonyl (C=O) groups is 1. The number of pyridine rings is 1. The zero-order valence-corrected chi connectivity index (χ0v) is 17.5. The molecule has 2 aromatic heterocycles. The number of fused-ring (bicyclic) bond motifs is 3. The summed E-state index contributed by atoms with van der Waals surface area (Å²) in [7, 11) is 0. The third-order valence-electron chi connectivity index (χ3n) is 5.36. The van der Waals surface area contributed by atoms with Crippen LogP contribution in [0.5, 0.6) is 0 Å². The van der Waals surface area contributed by atoms with Crippen molar-refractivity contribution in [1.29, 1.82) is 0 Å². The van der Waals surface area contributed by atoms with Crippen LogP contribution < -0.4 is 0 Å². The number of halogens is 1. The lowest BCUT2D eigenvalue weighted by Gasteiger charge is -2.23. The summed E-state index contributed by atoms with van der Waals surface area (Å²) in [6.07, 6.45) is 5.13. The highest BCUT2D eigenvalue weighted by Crippen LogP contribution is 2.31. The standard InChI is InChI=1S/C23H26FN3O4/c1-2-9-30-10-11-31-15-17-14-26(13-16-3-5-18(24)6-4-16)20-12-25-22-19(21(17)20)7-8-27(29)23(22)28/h3-6,12,14,29H,2,7-11,13,15H2,1H3. The van der Waals surface area contributed by atoms with Crippen molar-refractivity contribution in [2.45, 2.75) is 32.9 Å².